The van der Waals surface area contributed by atoms with Crippen molar-refractivity contribution in [3.63, 3.8) is 0 Å². The molecule has 106 valence electrons. The molecule has 3 heteroatoms. The summed E-state index contributed by atoms with van der Waals surface area (Å²) in [5.74, 6) is -0.250. The lowest BCUT2D eigenvalue weighted by Crippen LogP contribution is -2.61. The summed E-state index contributed by atoms with van der Waals surface area (Å²) in [7, 11) is 0. The molecule has 18 heavy (non-hydrogen) atoms. The van der Waals surface area contributed by atoms with Gasteiger partial charge in [0, 0.05) is 19.1 Å². The fourth-order valence-corrected chi connectivity index (χ4v) is 3.52. The van der Waals surface area contributed by atoms with Gasteiger partial charge < -0.3 is 5.11 Å². The number of carbonyl (C=O) groups is 1. The van der Waals surface area contributed by atoms with Crippen molar-refractivity contribution in [1.29, 1.82) is 0 Å². The van der Waals surface area contributed by atoms with Crippen LogP contribution in [0.2, 0.25) is 0 Å². The highest BCUT2D eigenvalue weighted by atomic mass is 16.4. The molecule has 1 unspecified atom stereocenters. The minimum atomic E-state index is -0.669. The molecule has 0 saturated carbocycles. The van der Waals surface area contributed by atoms with Crippen LogP contribution in [0.25, 0.3) is 0 Å². The lowest BCUT2D eigenvalue weighted by Gasteiger charge is -2.54. The van der Waals surface area contributed by atoms with Crippen LogP contribution in [-0.4, -0.2) is 35.1 Å². The molecule has 1 aliphatic rings. The van der Waals surface area contributed by atoms with E-state index in [0.29, 0.717) is 11.3 Å². The number of hydrogen-bond donors (Lipinski definition) is 1. The van der Waals surface area contributed by atoms with E-state index in [1.54, 1.807) is 0 Å². The van der Waals surface area contributed by atoms with E-state index in [-0.39, 0.29) is 12.5 Å². The van der Waals surface area contributed by atoms with E-state index in [9.17, 15) is 4.79 Å². The molecular formula is C15H29NO2. The first-order valence-electron chi connectivity index (χ1n) is 7.40. The molecule has 1 fully saturated rings. The third-order valence-electron chi connectivity index (χ3n) is 4.26. The van der Waals surface area contributed by atoms with Crippen LogP contribution in [0.1, 0.15) is 59.8 Å². The van der Waals surface area contributed by atoms with Crippen molar-refractivity contribution < 1.29 is 9.90 Å². The van der Waals surface area contributed by atoms with E-state index < -0.39 is 5.97 Å². The molecule has 0 bridgehead atoms. The van der Waals surface area contributed by atoms with Crippen LogP contribution >= 0.6 is 0 Å². The van der Waals surface area contributed by atoms with Crippen LogP contribution in [0, 0.1) is 11.3 Å². The maximum atomic E-state index is 10.9. The van der Waals surface area contributed by atoms with E-state index in [4.69, 9.17) is 5.11 Å². The maximum Gasteiger partial charge on any atom is 0.304 e. The highest BCUT2D eigenvalue weighted by Crippen LogP contribution is 2.41. The zero-order chi connectivity index (χ0) is 13.8. The first-order valence-corrected chi connectivity index (χ1v) is 7.40. The lowest BCUT2D eigenvalue weighted by molar-refractivity contribution is -0.141. The summed E-state index contributed by atoms with van der Waals surface area (Å²) in [6.07, 6.45) is 5.33. The topological polar surface area (TPSA) is 40.5 Å². The second kappa shape index (κ2) is 6.55. The van der Waals surface area contributed by atoms with Crippen molar-refractivity contribution in [2.45, 2.75) is 65.8 Å². The summed E-state index contributed by atoms with van der Waals surface area (Å²) in [6.45, 7) is 11.0. The Kier molecular flexibility index (Phi) is 5.64. The Morgan fingerprint density at radius 3 is 2.06 bits per heavy atom. The summed E-state index contributed by atoms with van der Waals surface area (Å²) in [4.78, 5) is 13.3. The Morgan fingerprint density at radius 2 is 1.72 bits per heavy atom. The Labute approximate surface area is 112 Å². The van der Waals surface area contributed by atoms with Gasteiger partial charge in [0.15, 0.2) is 0 Å². The van der Waals surface area contributed by atoms with Crippen LogP contribution in [0.4, 0.5) is 0 Å². The van der Waals surface area contributed by atoms with E-state index in [1.165, 1.54) is 25.7 Å². The van der Waals surface area contributed by atoms with Crippen LogP contribution in [0.5, 0.6) is 0 Å². The molecule has 0 aromatic rings. The second-order valence-corrected chi connectivity index (χ2v) is 6.31. The summed E-state index contributed by atoms with van der Waals surface area (Å²) >= 11 is 0. The smallest absolute Gasteiger partial charge is 0.304 e. The van der Waals surface area contributed by atoms with Crippen molar-refractivity contribution in [3.05, 3.63) is 0 Å². The fraction of sp³-hybridized carbons (Fsp3) is 0.933. The van der Waals surface area contributed by atoms with Crippen LogP contribution in [-0.2, 0) is 4.79 Å². The zero-order valence-electron chi connectivity index (χ0n) is 12.4. The molecule has 1 saturated heterocycles. The summed E-state index contributed by atoms with van der Waals surface area (Å²) in [6, 6.07) is 0.212. The van der Waals surface area contributed by atoms with Crippen molar-refractivity contribution in [3.8, 4) is 0 Å². The maximum absolute atomic E-state index is 10.9. The number of carboxylic acids is 1. The molecule has 1 atom stereocenters. The molecule has 0 radical (unpaired) electrons. The first kappa shape index (κ1) is 15.5. The number of nitrogens with zero attached hydrogens (tertiary/aromatic N) is 1. The van der Waals surface area contributed by atoms with Gasteiger partial charge in [0.05, 0.1) is 6.42 Å². The number of aliphatic carboxylic acids is 1. The van der Waals surface area contributed by atoms with Gasteiger partial charge in [-0.15, -0.1) is 0 Å². The molecule has 0 aliphatic carbocycles. The van der Waals surface area contributed by atoms with Gasteiger partial charge in [-0.3, -0.25) is 9.69 Å². The standard InChI is InChI=1S/C15H29NO2/c1-5-7-15(8-6-2)10-16(11-15)13(12(3)4)9-14(17)18/h12-13H,5-11H2,1-4H3,(H,17,18). The van der Waals surface area contributed by atoms with Crippen LogP contribution < -0.4 is 0 Å². The van der Waals surface area contributed by atoms with E-state index in [2.05, 4.69) is 32.6 Å². The van der Waals surface area contributed by atoms with Crippen LogP contribution in [0.3, 0.4) is 0 Å². The molecular weight excluding hydrogens is 226 g/mol. The van der Waals surface area contributed by atoms with Gasteiger partial charge in [-0.1, -0.05) is 40.5 Å². The van der Waals surface area contributed by atoms with Gasteiger partial charge in [-0.05, 0) is 24.2 Å². The molecule has 0 aromatic carbocycles. The molecule has 1 rings (SSSR count). The van der Waals surface area contributed by atoms with Gasteiger partial charge in [0.2, 0.25) is 0 Å². The van der Waals surface area contributed by atoms with Gasteiger partial charge in [0.1, 0.15) is 0 Å². The minimum Gasteiger partial charge on any atom is -0.481 e. The first-order chi connectivity index (χ1) is 8.44. The summed E-state index contributed by atoms with van der Waals surface area (Å²) in [5, 5.41) is 9.01. The molecule has 3 nitrogen and oxygen atoms in total. The highest BCUT2D eigenvalue weighted by Gasteiger charge is 2.44. The van der Waals surface area contributed by atoms with Gasteiger partial charge >= 0.3 is 5.97 Å². The third kappa shape index (κ3) is 3.71. The number of rotatable bonds is 8. The average Bonchev–Trinajstić information content (AvgIpc) is 2.22. The molecule has 0 aromatic heterocycles. The Hall–Kier alpha value is -0.570. The molecule has 1 heterocycles. The van der Waals surface area contributed by atoms with Crippen molar-refractivity contribution in [2.24, 2.45) is 11.3 Å². The monoisotopic (exact) mass is 255 g/mol. The number of likely N-dealkylation sites (tertiary alicyclic amines) is 1. The number of carboxylic acid groups (broad SMARTS) is 1. The molecule has 0 amide bonds. The third-order valence-corrected chi connectivity index (χ3v) is 4.26. The molecule has 1 N–H and O–H groups in total. The number of hydrogen-bond acceptors (Lipinski definition) is 2. The summed E-state index contributed by atoms with van der Waals surface area (Å²) < 4.78 is 0. The lowest BCUT2D eigenvalue weighted by atomic mass is 9.71. The Bertz CT molecular complexity index is 262. The van der Waals surface area contributed by atoms with Gasteiger partial charge in [-0.25, -0.2) is 0 Å². The molecule has 0 spiro atoms. The quantitative estimate of drug-likeness (QED) is 0.722. The second-order valence-electron chi connectivity index (χ2n) is 6.31. The predicted molar refractivity (Wildman–Crippen MR) is 74.7 cm³/mol. The van der Waals surface area contributed by atoms with E-state index in [0.717, 1.165) is 13.1 Å². The largest absolute Gasteiger partial charge is 0.481 e. The van der Waals surface area contributed by atoms with Crippen molar-refractivity contribution in [2.75, 3.05) is 13.1 Å². The van der Waals surface area contributed by atoms with Gasteiger partial charge in [-0.2, -0.15) is 0 Å². The van der Waals surface area contributed by atoms with Crippen LogP contribution in [0.15, 0.2) is 0 Å². The Morgan fingerprint density at radius 1 is 1.22 bits per heavy atom. The van der Waals surface area contributed by atoms with E-state index >= 15 is 0 Å². The minimum absolute atomic E-state index is 0.212. The predicted octanol–water partition coefficient (Wildman–Crippen LogP) is 3.39. The Balaban J connectivity index is 2.57. The van der Waals surface area contributed by atoms with Gasteiger partial charge in [0.25, 0.3) is 0 Å². The SMILES string of the molecule is CCCC1(CCC)CN(C(CC(=O)O)C(C)C)C1. The zero-order valence-corrected chi connectivity index (χ0v) is 12.4. The molecule has 1 aliphatic heterocycles. The summed E-state index contributed by atoms with van der Waals surface area (Å²) in [5.41, 5.74) is 0.481. The van der Waals surface area contributed by atoms with Crippen molar-refractivity contribution >= 4 is 5.97 Å². The normalized spacial score (nSPS) is 20.7. The average molecular weight is 255 g/mol. The van der Waals surface area contributed by atoms with Crippen molar-refractivity contribution in [1.82, 2.24) is 4.90 Å². The van der Waals surface area contributed by atoms with E-state index in [1.807, 2.05) is 0 Å². The fourth-order valence-electron chi connectivity index (χ4n) is 3.52. The highest BCUT2D eigenvalue weighted by molar-refractivity contribution is 5.67.